The first-order valence-corrected chi connectivity index (χ1v) is 7.72. The lowest BCUT2D eigenvalue weighted by Gasteiger charge is -2.21. The summed E-state index contributed by atoms with van der Waals surface area (Å²) in [4.78, 5) is 23.4. The number of rotatable bonds is 5. The van der Waals surface area contributed by atoms with Gasteiger partial charge in [-0.25, -0.2) is 4.79 Å². The first kappa shape index (κ1) is 15.8. The van der Waals surface area contributed by atoms with Crippen molar-refractivity contribution in [3.8, 4) is 0 Å². The Morgan fingerprint density at radius 3 is 2.48 bits per heavy atom. The maximum atomic E-state index is 11.7. The predicted octanol–water partition coefficient (Wildman–Crippen LogP) is 3.19. The fourth-order valence-electron chi connectivity index (χ4n) is 2.50. The van der Waals surface area contributed by atoms with Crippen molar-refractivity contribution >= 4 is 23.5 Å². The van der Waals surface area contributed by atoms with Crippen LogP contribution in [0.5, 0.6) is 0 Å². The number of hydrogen-bond acceptors (Lipinski definition) is 3. The van der Waals surface area contributed by atoms with Crippen LogP contribution in [0.1, 0.15) is 42.5 Å². The van der Waals surface area contributed by atoms with Crippen LogP contribution in [0.4, 0.5) is 0 Å². The van der Waals surface area contributed by atoms with Gasteiger partial charge in [-0.2, -0.15) is 0 Å². The smallest absolute Gasteiger partial charge is 0.338 e. The van der Waals surface area contributed by atoms with E-state index in [-0.39, 0.29) is 12.5 Å². The topological polar surface area (TPSA) is 55.4 Å². The quantitative estimate of drug-likeness (QED) is 0.850. The van der Waals surface area contributed by atoms with Crippen LogP contribution in [0.15, 0.2) is 24.3 Å². The number of nitrogens with one attached hydrogen (secondary N) is 1. The normalized spacial score (nSPS) is 15.5. The van der Waals surface area contributed by atoms with Gasteiger partial charge in [0.25, 0.3) is 5.91 Å². The summed E-state index contributed by atoms with van der Waals surface area (Å²) in [5.74, 6) is -0.197. The first-order chi connectivity index (χ1) is 10.1. The lowest BCUT2D eigenvalue weighted by atomic mass is 9.89. The maximum Gasteiger partial charge on any atom is 0.338 e. The van der Waals surface area contributed by atoms with Crippen LogP contribution >= 0.6 is 11.6 Å². The molecule has 0 bridgehead atoms. The number of ether oxygens (including phenoxy) is 1. The van der Waals surface area contributed by atoms with Crippen LogP contribution in [0, 0.1) is 5.92 Å². The van der Waals surface area contributed by atoms with Crippen LogP contribution in [0.25, 0.3) is 0 Å². The maximum absolute atomic E-state index is 11.7. The van der Waals surface area contributed by atoms with Gasteiger partial charge in [-0.15, -0.1) is 0 Å². The highest BCUT2D eigenvalue weighted by Gasteiger charge is 2.15. The molecule has 114 valence electrons. The number of hydrogen-bond donors (Lipinski definition) is 1. The van der Waals surface area contributed by atoms with E-state index >= 15 is 0 Å². The summed E-state index contributed by atoms with van der Waals surface area (Å²) in [5, 5.41) is 3.38. The van der Waals surface area contributed by atoms with Crippen LogP contribution in [0.3, 0.4) is 0 Å². The average Bonchev–Trinajstić information content (AvgIpc) is 2.52. The van der Waals surface area contributed by atoms with E-state index < -0.39 is 5.97 Å². The minimum Gasteiger partial charge on any atom is -0.452 e. The molecular formula is C16H20ClNO3. The summed E-state index contributed by atoms with van der Waals surface area (Å²) in [6.07, 6.45) is 6.12. The highest BCUT2D eigenvalue weighted by atomic mass is 35.5. The summed E-state index contributed by atoms with van der Waals surface area (Å²) in [6.45, 7) is 0.436. The Morgan fingerprint density at radius 2 is 1.81 bits per heavy atom. The molecule has 0 unspecified atom stereocenters. The molecule has 0 atom stereocenters. The molecule has 2 rings (SSSR count). The zero-order valence-electron chi connectivity index (χ0n) is 11.9. The van der Waals surface area contributed by atoms with E-state index in [0.717, 1.165) is 0 Å². The summed E-state index contributed by atoms with van der Waals surface area (Å²) in [6, 6.07) is 6.37. The number of benzene rings is 1. The zero-order valence-corrected chi connectivity index (χ0v) is 12.7. The van der Waals surface area contributed by atoms with E-state index in [1.807, 2.05) is 0 Å². The molecule has 1 aromatic carbocycles. The number of carbonyl (C=O) groups is 2. The average molecular weight is 310 g/mol. The van der Waals surface area contributed by atoms with E-state index in [1.165, 1.54) is 32.1 Å². The van der Waals surface area contributed by atoms with Crippen molar-refractivity contribution < 1.29 is 14.3 Å². The number of amides is 1. The van der Waals surface area contributed by atoms with Crippen molar-refractivity contribution in [2.24, 2.45) is 5.92 Å². The minimum absolute atomic E-state index is 0.242. The van der Waals surface area contributed by atoms with E-state index in [1.54, 1.807) is 24.3 Å². The van der Waals surface area contributed by atoms with Crippen LogP contribution in [0.2, 0.25) is 5.02 Å². The third kappa shape index (κ3) is 5.38. The van der Waals surface area contributed by atoms with Gasteiger partial charge in [0.2, 0.25) is 0 Å². The van der Waals surface area contributed by atoms with Crippen molar-refractivity contribution in [2.75, 3.05) is 13.2 Å². The fourth-order valence-corrected chi connectivity index (χ4v) is 2.63. The molecule has 1 aliphatic carbocycles. The molecule has 1 aromatic rings. The Bertz CT molecular complexity index is 481. The van der Waals surface area contributed by atoms with Gasteiger partial charge in [-0.05, 0) is 43.0 Å². The molecule has 1 aliphatic rings. The Labute approximate surface area is 129 Å². The Kier molecular flexibility index (Phi) is 6.05. The first-order valence-electron chi connectivity index (χ1n) is 7.34. The van der Waals surface area contributed by atoms with Crippen molar-refractivity contribution in [1.29, 1.82) is 0 Å². The third-order valence-corrected chi connectivity index (χ3v) is 3.98. The molecule has 0 aliphatic heterocycles. The molecule has 0 heterocycles. The molecule has 5 heteroatoms. The Balaban J connectivity index is 1.68. The van der Waals surface area contributed by atoms with Crippen LogP contribution in [-0.4, -0.2) is 25.0 Å². The summed E-state index contributed by atoms with van der Waals surface area (Å²) in [7, 11) is 0. The highest BCUT2D eigenvalue weighted by Crippen LogP contribution is 2.22. The van der Waals surface area contributed by atoms with Gasteiger partial charge < -0.3 is 10.1 Å². The summed E-state index contributed by atoms with van der Waals surface area (Å²) < 4.78 is 4.98. The molecule has 0 aromatic heterocycles. The van der Waals surface area contributed by atoms with Crippen molar-refractivity contribution in [1.82, 2.24) is 5.32 Å². The predicted molar refractivity (Wildman–Crippen MR) is 81.3 cm³/mol. The summed E-state index contributed by atoms with van der Waals surface area (Å²) >= 11 is 5.74. The third-order valence-electron chi connectivity index (χ3n) is 3.73. The lowest BCUT2D eigenvalue weighted by molar-refractivity contribution is -0.124. The largest absolute Gasteiger partial charge is 0.452 e. The molecule has 0 spiro atoms. The highest BCUT2D eigenvalue weighted by molar-refractivity contribution is 6.30. The molecule has 1 N–H and O–H groups in total. The van der Waals surface area contributed by atoms with Gasteiger partial charge in [0.15, 0.2) is 6.61 Å². The van der Waals surface area contributed by atoms with Gasteiger partial charge in [-0.3, -0.25) is 4.79 Å². The second-order valence-corrected chi connectivity index (χ2v) is 5.83. The van der Waals surface area contributed by atoms with E-state index in [2.05, 4.69) is 5.32 Å². The number of halogens is 1. The van der Waals surface area contributed by atoms with Crippen LogP contribution < -0.4 is 5.32 Å². The standard InChI is InChI=1S/C16H20ClNO3/c17-14-8-6-13(7-9-14)16(20)21-11-15(19)18-10-12-4-2-1-3-5-12/h6-9,12H,1-5,10-11H2,(H,18,19). The van der Waals surface area contributed by atoms with Gasteiger partial charge in [-0.1, -0.05) is 30.9 Å². The second kappa shape index (κ2) is 8.03. The fraction of sp³-hybridized carbons (Fsp3) is 0.500. The van der Waals surface area contributed by atoms with E-state index in [4.69, 9.17) is 16.3 Å². The van der Waals surface area contributed by atoms with Crippen molar-refractivity contribution in [3.05, 3.63) is 34.9 Å². The molecular weight excluding hydrogens is 290 g/mol. The molecule has 0 saturated heterocycles. The lowest BCUT2D eigenvalue weighted by Crippen LogP contribution is -2.33. The van der Waals surface area contributed by atoms with E-state index in [9.17, 15) is 9.59 Å². The summed E-state index contributed by atoms with van der Waals surface area (Å²) in [5.41, 5.74) is 0.388. The molecule has 1 amide bonds. The molecule has 4 nitrogen and oxygen atoms in total. The molecule has 1 fully saturated rings. The molecule has 0 radical (unpaired) electrons. The van der Waals surface area contributed by atoms with Gasteiger partial charge in [0.1, 0.15) is 0 Å². The monoisotopic (exact) mass is 309 g/mol. The Morgan fingerprint density at radius 1 is 1.14 bits per heavy atom. The number of carbonyl (C=O) groups excluding carboxylic acids is 2. The zero-order chi connectivity index (χ0) is 15.1. The second-order valence-electron chi connectivity index (χ2n) is 5.39. The van der Waals surface area contributed by atoms with Gasteiger partial charge in [0.05, 0.1) is 5.56 Å². The van der Waals surface area contributed by atoms with Crippen molar-refractivity contribution in [2.45, 2.75) is 32.1 Å². The Hall–Kier alpha value is -1.55. The molecule has 1 saturated carbocycles. The van der Waals surface area contributed by atoms with Crippen molar-refractivity contribution in [3.63, 3.8) is 0 Å². The van der Waals surface area contributed by atoms with E-state index in [0.29, 0.717) is 23.0 Å². The molecule has 21 heavy (non-hydrogen) atoms. The van der Waals surface area contributed by atoms with Gasteiger partial charge in [0, 0.05) is 11.6 Å². The number of esters is 1. The SMILES string of the molecule is O=C(COC(=O)c1ccc(Cl)cc1)NCC1CCCCC1. The van der Waals surface area contributed by atoms with Crippen LogP contribution in [-0.2, 0) is 9.53 Å². The minimum atomic E-state index is -0.514. The van der Waals surface area contributed by atoms with Gasteiger partial charge >= 0.3 is 5.97 Å².